The summed E-state index contributed by atoms with van der Waals surface area (Å²) in [5, 5.41) is -0.174. The van der Waals surface area contributed by atoms with E-state index in [2.05, 4.69) is 4.72 Å². The molecule has 0 aromatic rings. The van der Waals surface area contributed by atoms with Gasteiger partial charge in [-0.05, 0) is 19.3 Å². The molecule has 0 heterocycles. The van der Waals surface area contributed by atoms with E-state index in [1.165, 1.54) is 0 Å². The molecule has 0 spiro atoms. The summed E-state index contributed by atoms with van der Waals surface area (Å²) in [4.78, 5) is 0. The molecule has 0 saturated heterocycles. The van der Waals surface area contributed by atoms with Gasteiger partial charge in [0.1, 0.15) is 0 Å². The Hall–Kier alpha value is -0.130. The molecule has 14 heavy (non-hydrogen) atoms. The van der Waals surface area contributed by atoms with E-state index in [0.29, 0.717) is 6.54 Å². The van der Waals surface area contributed by atoms with Crippen molar-refractivity contribution in [3.63, 3.8) is 0 Å². The standard InChI is InChI=1S/C9H20N2O2S/c1-2-8(10)7-11-14(12,13)9-5-3-4-6-9/h8-9,11H,2-7,10H2,1H3. The summed E-state index contributed by atoms with van der Waals surface area (Å²) in [6.45, 7) is 2.32. The van der Waals surface area contributed by atoms with Crippen LogP contribution in [0.1, 0.15) is 39.0 Å². The van der Waals surface area contributed by atoms with Crippen molar-refractivity contribution in [2.24, 2.45) is 5.73 Å². The van der Waals surface area contributed by atoms with Gasteiger partial charge in [0.25, 0.3) is 0 Å². The third kappa shape index (κ3) is 3.22. The number of rotatable bonds is 5. The molecule has 1 rings (SSSR count). The van der Waals surface area contributed by atoms with Crippen molar-refractivity contribution < 1.29 is 8.42 Å². The highest BCUT2D eigenvalue weighted by Gasteiger charge is 2.28. The lowest BCUT2D eigenvalue weighted by atomic mass is 10.2. The van der Waals surface area contributed by atoms with Crippen LogP contribution < -0.4 is 10.5 Å². The molecule has 0 aliphatic heterocycles. The molecule has 1 saturated carbocycles. The Bertz CT molecular complexity index is 258. The summed E-state index contributed by atoms with van der Waals surface area (Å²) in [6, 6.07) is -0.0637. The molecule has 0 bridgehead atoms. The zero-order valence-corrected chi connectivity index (χ0v) is 9.52. The molecule has 1 unspecified atom stereocenters. The van der Waals surface area contributed by atoms with Crippen LogP contribution >= 0.6 is 0 Å². The maximum Gasteiger partial charge on any atom is 0.214 e. The Morgan fingerprint density at radius 2 is 2.00 bits per heavy atom. The Balaban J connectivity index is 2.41. The van der Waals surface area contributed by atoms with Crippen molar-refractivity contribution in [2.45, 2.75) is 50.3 Å². The lowest BCUT2D eigenvalue weighted by Crippen LogP contribution is -2.40. The minimum absolute atomic E-state index is 0.0637. The largest absolute Gasteiger partial charge is 0.327 e. The normalized spacial score (nSPS) is 21.3. The van der Waals surface area contributed by atoms with Gasteiger partial charge in [0.05, 0.1) is 5.25 Å². The van der Waals surface area contributed by atoms with Gasteiger partial charge in [0.2, 0.25) is 10.0 Å². The molecule has 0 aromatic heterocycles. The van der Waals surface area contributed by atoms with E-state index in [4.69, 9.17) is 5.73 Å². The quantitative estimate of drug-likeness (QED) is 0.712. The Kier molecular flexibility index (Phi) is 4.34. The van der Waals surface area contributed by atoms with Gasteiger partial charge in [0, 0.05) is 12.6 Å². The first-order valence-corrected chi connectivity index (χ1v) is 6.85. The number of nitrogens with one attached hydrogen (secondary N) is 1. The van der Waals surface area contributed by atoms with Crippen molar-refractivity contribution in [2.75, 3.05) is 6.54 Å². The molecule has 0 aromatic carbocycles. The molecule has 1 aliphatic carbocycles. The minimum atomic E-state index is -3.10. The zero-order chi connectivity index (χ0) is 10.6. The second kappa shape index (κ2) is 5.09. The molecular formula is C9H20N2O2S. The topological polar surface area (TPSA) is 72.2 Å². The van der Waals surface area contributed by atoms with Crippen LogP contribution in [0, 0.1) is 0 Å². The van der Waals surface area contributed by atoms with E-state index in [1.807, 2.05) is 6.92 Å². The highest BCUT2D eigenvalue weighted by Crippen LogP contribution is 2.23. The van der Waals surface area contributed by atoms with E-state index in [9.17, 15) is 8.42 Å². The fourth-order valence-corrected chi connectivity index (χ4v) is 3.32. The second-order valence-electron chi connectivity index (χ2n) is 3.97. The van der Waals surface area contributed by atoms with Crippen LogP contribution in [0.15, 0.2) is 0 Å². The van der Waals surface area contributed by atoms with Gasteiger partial charge in [-0.2, -0.15) is 0 Å². The van der Waals surface area contributed by atoms with Crippen LogP contribution in [-0.4, -0.2) is 26.3 Å². The van der Waals surface area contributed by atoms with E-state index >= 15 is 0 Å². The van der Waals surface area contributed by atoms with Crippen LogP contribution in [0.25, 0.3) is 0 Å². The van der Waals surface area contributed by atoms with Gasteiger partial charge in [-0.1, -0.05) is 19.8 Å². The van der Waals surface area contributed by atoms with Gasteiger partial charge in [-0.15, -0.1) is 0 Å². The molecule has 0 radical (unpaired) electrons. The summed E-state index contributed by atoms with van der Waals surface area (Å²) in [6.07, 6.45) is 4.47. The van der Waals surface area contributed by atoms with Gasteiger partial charge >= 0.3 is 0 Å². The third-order valence-corrected chi connectivity index (χ3v) is 4.73. The van der Waals surface area contributed by atoms with Crippen molar-refractivity contribution in [3.05, 3.63) is 0 Å². The summed E-state index contributed by atoms with van der Waals surface area (Å²) < 4.78 is 26.0. The molecule has 0 amide bonds. The molecule has 4 nitrogen and oxygen atoms in total. The first kappa shape index (κ1) is 11.9. The molecule has 84 valence electrons. The smallest absolute Gasteiger partial charge is 0.214 e. The molecule has 1 fully saturated rings. The van der Waals surface area contributed by atoms with E-state index in [-0.39, 0.29) is 11.3 Å². The average molecular weight is 220 g/mol. The van der Waals surface area contributed by atoms with Crippen molar-refractivity contribution in [1.29, 1.82) is 0 Å². The Morgan fingerprint density at radius 3 is 2.50 bits per heavy atom. The molecule has 5 heteroatoms. The van der Waals surface area contributed by atoms with Gasteiger partial charge in [0.15, 0.2) is 0 Å². The van der Waals surface area contributed by atoms with Crippen molar-refractivity contribution in [3.8, 4) is 0 Å². The molecular weight excluding hydrogens is 200 g/mol. The SMILES string of the molecule is CCC(N)CNS(=O)(=O)C1CCCC1. The summed E-state index contributed by atoms with van der Waals surface area (Å²) in [5.41, 5.74) is 5.65. The summed E-state index contributed by atoms with van der Waals surface area (Å²) in [7, 11) is -3.10. The molecule has 1 atom stereocenters. The fraction of sp³-hybridized carbons (Fsp3) is 1.00. The minimum Gasteiger partial charge on any atom is -0.327 e. The van der Waals surface area contributed by atoms with E-state index in [0.717, 1.165) is 32.1 Å². The van der Waals surface area contributed by atoms with Crippen LogP contribution in [0.4, 0.5) is 0 Å². The molecule has 3 N–H and O–H groups in total. The number of sulfonamides is 1. The lowest BCUT2D eigenvalue weighted by molar-refractivity contribution is 0.549. The number of hydrogen-bond donors (Lipinski definition) is 2. The summed E-state index contributed by atoms with van der Waals surface area (Å²) >= 11 is 0. The predicted octanol–water partition coefficient (Wildman–Crippen LogP) is 0.586. The van der Waals surface area contributed by atoms with E-state index in [1.54, 1.807) is 0 Å². The van der Waals surface area contributed by atoms with Gasteiger partial charge < -0.3 is 5.73 Å². The highest BCUT2D eigenvalue weighted by molar-refractivity contribution is 7.90. The first-order valence-electron chi connectivity index (χ1n) is 5.30. The van der Waals surface area contributed by atoms with Gasteiger partial charge in [-0.3, -0.25) is 0 Å². The van der Waals surface area contributed by atoms with Crippen molar-refractivity contribution >= 4 is 10.0 Å². The Morgan fingerprint density at radius 1 is 1.43 bits per heavy atom. The zero-order valence-electron chi connectivity index (χ0n) is 8.70. The number of nitrogens with two attached hydrogens (primary N) is 1. The maximum atomic E-state index is 11.7. The van der Waals surface area contributed by atoms with E-state index < -0.39 is 10.0 Å². The van der Waals surface area contributed by atoms with Gasteiger partial charge in [-0.25, -0.2) is 13.1 Å². The first-order chi connectivity index (χ1) is 6.56. The fourth-order valence-electron chi connectivity index (χ4n) is 1.68. The highest BCUT2D eigenvalue weighted by atomic mass is 32.2. The number of hydrogen-bond acceptors (Lipinski definition) is 3. The maximum absolute atomic E-state index is 11.7. The van der Waals surface area contributed by atoms with Crippen LogP contribution in [0.3, 0.4) is 0 Å². The monoisotopic (exact) mass is 220 g/mol. The van der Waals surface area contributed by atoms with Crippen molar-refractivity contribution in [1.82, 2.24) is 4.72 Å². The molecule has 1 aliphatic rings. The lowest BCUT2D eigenvalue weighted by Gasteiger charge is -2.14. The second-order valence-corrected chi connectivity index (χ2v) is 6.01. The average Bonchev–Trinajstić information content (AvgIpc) is 2.67. The van der Waals surface area contributed by atoms with Crippen LogP contribution in [0.5, 0.6) is 0 Å². The third-order valence-electron chi connectivity index (χ3n) is 2.81. The van der Waals surface area contributed by atoms with Crippen LogP contribution in [0.2, 0.25) is 0 Å². The van der Waals surface area contributed by atoms with Crippen LogP contribution in [-0.2, 0) is 10.0 Å². The summed E-state index contributed by atoms with van der Waals surface area (Å²) in [5.74, 6) is 0. The Labute approximate surface area is 86.3 Å². The predicted molar refractivity (Wildman–Crippen MR) is 57.4 cm³/mol.